The van der Waals surface area contributed by atoms with Crippen molar-refractivity contribution in [1.82, 2.24) is 5.32 Å². The minimum absolute atomic E-state index is 0.364. The standard InChI is InChI=1S/C16H25N3O2/c1-16(2,3)21-15(20)19-13-6-4-11(5-7-13)10-18-14-8-12(17)9-14/h4-7,12,14,18H,8-10,17H2,1-3H3,(H,19,20). The lowest BCUT2D eigenvalue weighted by Crippen LogP contribution is -2.48. The molecule has 1 aliphatic carbocycles. The van der Waals surface area contributed by atoms with Gasteiger partial charge in [0.2, 0.25) is 0 Å². The Bertz CT molecular complexity index is 473. The van der Waals surface area contributed by atoms with Crippen LogP contribution < -0.4 is 16.4 Å². The average Bonchev–Trinajstić information content (AvgIpc) is 2.32. The van der Waals surface area contributed by atoms with Gasteiger partial charge in [-0.15, -0.1) is 0 Å². The van der Waals surface area contributed by atoms with Gasteiger partial charge in [0.15, 0.2) is 0 Å². The third-order valence-electron chi connectivity index (χ3n) is 3.37. The van der Waals surface area contributed by atoms with Gasteiger partial charge in [-0.05, 0) is 51.3 Å². The van der Waals surface area contributed by atoms with Gasteiger partial charge in [0.1, 0.15) is 5.60 Å². The monoisotopic (exact) mass is 291 g/mol. The fourth-order valence-corrected chi connectivity index (χ4v) is 2.22. The van der Waals surface area contributed by atoms with Crippen LogP contribution in [-0.2, 0) is 11.3 Å². The Balaban J connectivity index is 1.77. The van der Waals surface area contributed by atoms with Crippen molar-refractivity contribution in [2.24, 2.45) is 5.73 Å². The number of ether oxygens (including phenoxy) is 1. The van der Waals surface area contributed by atoms with Crippen LogP contribution in [0.3, 0.4) is 0 Å². The van der Waals surface area contributed by atoms with Crippen LogP contribution in [0.15, 0.2) is 24.3 Å². The molecule has 1 aromatic rings. The second-order valence-electron chi connectivity index (χ2n) is 6.63. The molecular formula is C16H25N3O2. The quantitative estimate of drug-likeness (QED) is 0.797. The van der Waals surface area contributed by atoms with Crippen molar-refractivity contribution < 1.29 is 9.53 Å². The minimum Gasteiger partial charge on any atom is -0.444 e. The molecule has 1 aliphatic rings. The maximum atomic E-state index is 11.6. The normalized spacial score (nSPS) is 21.5. The maximum absolute atomic E-state index is 11.6. The van der Waals surface area contributed by atoms with E-state index in [1.807, 2.05) is 45.0 Å². The van der Waals surface area contributed by atoms with Crippen LogP contribution in [0.4, 0.5) is 10.5 Å². The molecule has 0 atom stereocenters. The number of benzene rings is 1. The summed E-state index contributed by atoms with van der Waals surface area (Å²) in [6.07, 6.45) is 1.67. The molecule has 0 radical (unpaired) electrons. The first-order chi connectivity index (χ1) is 9.82. The molecule has 21 heavy (non-hydrogen) atoms. The molecule has 4 N–H and O–H groups in total. The summed E-state index contributed by atoms with van der Waals surface area (Å²) in [4.78, 5) is 11.6. The molecule has 0 spiro atoms. The van der Waals surface area contributed by atoms with Crippen LogP contribution in [0, 0.1) is 0 Å². The third kappa shape index (κ3) is 5.36. The highest BCUT2D eigenvalue weighted by Gasteiger charge is 2.24. The molecule has 0 aromatic heterocycles. The second kappa shape index (κ2) is 6.45. The molecule has 2 rings (SSSR count). The first-order valence-electron chi connectivity index (χ1n) is 7.40. The average molecular weight is 291 g/mol. The molecule has 1 fully saturated rings. The number of carbonyl (C=O) groups excluding carboxylic acids is 1. The molecule has 5 nitrogen and oxygen atoms in total. The molecule has 116 valence electrons. The highest BCUT2D eigenvalue weighted by molar-refractivity contribution is 5.84. The lowest BCUT2D eigenvalue weighted by Gasteiger charge is -2.33. The van der Waals surface area contributed by atoms with Crippen molar-refractivity contribution in [1.29, 1.82) is 0 Å². The maximum Gasteiger partial charge on any atom is 0.412 e. The Morgan fingerprint density at radius 1 is 1.29 bits per heavy atom. The van der Waals surface area contributed by atoms with Crippen molar-refractivity contribution >= 4 is 11.8 Å². The van der Waals surface area contributed by atoms with Crippen LogP contribution in [-0.4, -0.2) is 23.8 Å². The molecule has 1 aromatic carbocycles. The van der Waals surface area contributed by atoms with Gasteiger partial charge in [-0.1, -0.05) is 12.1 Å². The lowest BCUT2D eigenvalue weighted by molar-refractivity contribution is 0.0636. The minimum atomic E-state index is -0.489. The number of nitrogens with two attached hydrogens (primary N) is 1. The first-order valence-corrected chi connectivity index (χ1v) is 7.40. The van der Waals surface area contributed by atoms with Gasteiger partial charge in [-0.25, -0.2) is 4.79 Å². The van der Waals surface area contributed by atoms with E-state index >= 15 is 0 Å². The van der Waals surface area contributed by atoms with E-state index in [2.05, 4.69) is 10.6 Å². The van der Waals surface area contributed by atoms with Gasteiger partial charge in [0.05, 0.1) is 0 Å². The summed E-state index contributed by atoms with van der Waals surface area (Å²) in [5, 5.41) is 6.19. The number of anilines is 1. The summed E-state index contributed by atoms with van der Waals surface area (Å²) >= 11 is 0. The smallest absolute Gasteiger partial charge is 0.412 e. The van der Waals surface area contributed by atoms with E-state index in [0.717, 1.165) is 25.1 Å². The van der Waals surface area contributed by atoms with Gasteiger partial charge in [0.25, 0.3) is 0 Å². The van der Waals surface area contributed by atoms with Gasteiger partial charge in [-0.2, -0.15) is 0 Å². The molecule has 0 saturated heterocycles. The van der Waals surface area contributed by atoms with Crippen LogP contribution in [0.1, 0.15) is 39.2 Å². The Morgan fingerprint density at radius 3 is 2.43 bits per heavy atom. The van der Waals surface area contributed by atoms with E-state index in [1.165, 1.54) is 5.56 Å². The predicted molar refractivity (Wildman–Crippen MR) is 84.1 cm³/mol. The zero-order valence-corrected chi connectivity index (χ0v) is 13.0. The topological polar surface area (TPSA) is 76.4 Å². The lowest BCUT2D eigenvalue weighted by atomic mass is 9.87. The number of hydrogen-bond acceptors (Lipinski definition) is 4. The Kier molecular flexibility index (Phi) is 4.85. The number of nitrogens with one attached hydrogen (secondary N) is 2. The zero-order valence-electron chi connectivity index (χ0n) is 13.0. The second-order valence-corrected chi connectivity index (χ2v) is 6.63. The zero-order chi connectivity index (χ0) is 15.5. The van der Waals surface area contributed by atoms with Crippen molar-refractivity contribution in [3.05, 3.63) is 29.8 Å². The van der Waals surface area contributed by atoms with Crippen molar-refractivity contribution in [3.8, 4) is 0 Å². The van der Waals surface area contributed by atoms with E-state index in [9.17, 15) is 4.79 Å². The molecule has 1 saturated carbocycles. The van der Waals surface area contributed by atoms with Crippen molar-refractivity contribution in [2.75, 3.05) is 5.32 Å². The van der Waals surface area contributed by atoms with Gasteiger partial charge in [0, 0.05) is 24.3 Å². The fraction of sp³-hybridized carbons (Fsp3) is 0.562. The number of rotatable bonds is 4. The number of amides is 1. The highest BCUT2D eigenvalue weighted by atomic mass is 16.6. The van der Waals surface area contributed by atoms with E-state index in [1.54, 1.807) is 0 Å². The molecule has 0 aliphatic heterocycles. The van der Waals surface area contributed by atoms with Gasteiger partial charge in [-0.3, -0.25) is 5.32 Å². The molecule has 0 unspecified atom stereocenters. The van der Waals surface area contributed by atoms with E-state index in [-0.39, 0.29) is 0 Å². The summed E-state index contributed by atoms with van der Waals surface area (Å²) in [6.45, 7) is 6.35. The van der Waals surface area contributed by atoms with Crippen LogP contribution >= 0.6 is 0 Å². The summed E-state index contributed by atoms with van der Waals surface area (Å²) in [7, 11) is 0. The molecule has 5 heteroatoms. The number of hydrogen-bond donors (Lipinski definition) is 3. The van der Waals surface area contributed by atoms with E-state index in [4.69, 9.17) is 10.5 Å². The van der Waals surface area contributed by atoms with Gasteiger partial charge >= 0.3 is 6.09 Å². The van der Waals surface area contributed by atoms with Crippen LogP contribution in [0.2, 0.25) is 0 Å². The summed E-state index contributed by atoms with van der Waals surface area (Å²) < 4.78 is 5.21. The van der Waals surface area contributed by atoms with Crippen LogP contribution in [0.5, 0.6) is 0 Å². The van der Waals surface area contributed by atoms with Crippen LogP contribution in [0.25, 0.3) is 0 Å². The Hall–Kier alpha value is -1.59. The predicted octanol–water partition coefficient (Wildman–Crippen LogP) is 2.61. The Morgan fingerprint density at radius 2 is 1.90 bits per heavy atom. The largest absolute Gasteiger partial charge is 0.444 e. The fourth-order valence-electron chi connectivity index (χ4n) is 2.22. The SMILES string of the molecule is CC(C)(C)OC(=O)Nc1ccc(CNC2CC(N)C2)cc1. The molecule has 0 bridgehead atoms. The molecule has 1 amide bonds. The molecule has 0 heterocycles. The summed E-state index contributed by atoms with van der Waals surface area (Å²) in [6, 6.07) is 8.67. The van der Waals surface area contributed by atoms with E-state index in [0.29, 0.717) is 12.1 Å². The van der Waals surface area contributed by atoms with Crippen molar-refractivity contribution in [2.45, 2.75) is 57.8 Å². The Labute approximate surface area is 126 Å². The van der Waals surface area contributed by atoms with Crippen molar-refractivity contribution in [3.63, 3.8) is 0 Å². The summed E-state index contributed by atoms with van der Waals surface area (Å²) in [5.41, 5.74) is 7.19. The highest BCUT2D eigenvalue weighted by Crippen LogP contribution is 2.18. The molecular weight excluding hydrogens is 266 g/mol. The van der Waals surface area contributed by atoms with E-state index < -0.39 is 11.7 Å². The van der Waals surface area contributed by atoms with Gasteiger partial charge < -0.3 is 15.8 Å². The summed E-state index contributed by atoms with van der Waals surface area (Å²) in [5.74, 6) is 0. The third-order valence-corrected chi connectivity index (χ3v) is 3.37. The number of carbonyl (C=O) groups is 1. The first kappa shape index (κ1) is 15.8.